The largest absolute Gasteiger partial charge is 0.361 e. The molecular formula is C14H21N3OS. The minimum atomic E-state index is 0.397. The van der Waals surface area contributed by atoms with E-state index in [0.717, 1.165) is 35.2 Å². The predicted molar refractivity (Wildman–Crippen MR) is 77.7 cm³/mol. The second kappa shape index (κ2) is 5.84. The highest BCUT2D eigenvalue weighted by molar-refractivity contribution is 7.11. The SMILES string of the molecule is Cc1nc(CNCC(C)c2c(C)noc2C)sc1C. The lowest BCUT2D eigenvalue weighted by atomic mass is 10.00. The normalized spacial score (nSPS) is 12.9. The fourth-order valence-corrected chi connectivity index (χ4v) is 3.21. The molecule has 0 spiro atoms. The van der Waals surface area contributed by atoms with E-state index < -0.39 is 0 Å². The first-order chi connectivity index (χ1) is 8.99. The van der Waals surface area contributed by atoms with Crippen molar-refractivity contribution in [1.82, 2.24) is 15.5 Å². The van der Waals surface area contributed by atoms with Gasteiger partial charge in [-0.3, -0.25) is 0 Å². The molecule has 5 heteroatoms. The summed E-state index contributed by atoms with van der Waals surface area (Å²) < 4.78 is 5.21. The number of nitrogens with zero attached hydrogens (tertiary/aromatic N) is 2. The molecule has 2 rings (SSSR count). The third-order valence-corrected chi connectivity index (χ3v) is 4.45. The Hall–Kier alpha value is -1.20. The van der Waals surface area contributed by atoms with Gasteiger partial charge in [0.05, 0.1) is 11.4 Å². The minimum Gasteiger partial charge on any atom is -0.361 e. The van der Waals surface area contributed by atoms with Crippen LogP contribution in [0, 0.1) is 27.7 Å². The Kier molecular flexibility index (Phi) is 4.37. The summed E-state index contributed by atoms with van der Waals surface area (Å²) in [7, 11) is 0. The molecule has 0 bridgehead atoms. The molecule has 0 saturated carbocycles. The average molecular weight is 279 g/mol. The van der Waals surface area contributed by atoms with Crippen LogP contribution in [0.3, 0.4) is 0 Å². The van der Waals surface area contributed by atoms with Crippen molar-refractivity contribution in [2.75, 3.05) is 6.54 Å². The second-order valence-corrected chi connectivity index (χ2v) is 6.31. The van der Waals surface area contributed by atoms with Crippen molar-refractivity contribution in [2.45, 2.75) is 47.1 Å². The van der Waals surface area contributed by atoms with E-state index in [0.29, 0.717) is 5.92 Å². The molecule has 0 fully saturated rings. The van der Waals surface area contributed by atoms with Crippen LogP contribution in [0.1, 0.15) is 45.4 Å². The molecule has 2 aromatic rings. The van der Waals surface area contributed by atoms with E-state index >= 15 is 0 Å². The molecule has 0 aliphatic carbocycles. The zero-order valence-corrected chi connectivity index (χ0v) is 13.0. The highest BCUT2D eigenvalue weighted by Crippen LogP contribution is 2.22. The van der Waals surface area contributed by atoms with Crippen LogP contribution in [0.25, 0.3) is 0 Å². The van der Waals surface area contributed by atoms with Crippen LogP contribution < -0.4 is 5.32 Å². The molecule has 1 unspecified atom stereocenters. The van der Waals surface area contributed by atoms with Gasteiger partial charge in [-0.05, 0) is 33.6 Å². The van der Waals surface area contributed by atoms with Crippen molar-refractivity contribution in [3.8, 4) is 0 Å². The van der Waals surface area contributed by atoms with Gasteiger partial charge >= 0.3 is 0 Å². The summed E-state index contributed by atoms with van der Waals surface area (Å²) in [6.07, 6.45) is 0. The molecule has 0 saturated heterocycles. The van der Waals surface area contributed by atoms with Crippen molar-refractivity contribution in [2.24, 2.45) is 0 Å². The molecule has 1 N–H and O–H groups in total. The number of hydrogen-bond acceptors (Lipinski definition) is 5. The first-order valence-corrected chi connectivity index (χ1v) is 7.37. The van der Waals surface area contributed by atoms with E-state index in [-0.39, 0.29) is 0 Å². The van der Waals surface area contributed by atoms with Gasteiger partial charge in [0, 0.05) is 23.5 Å². The molecular weight excluding hydrogens is 258 g/mol. The monoisotopic (exact) mass is 279 g/mol. The molecule has 0 amide bonds. The minimum absolute atomic E-state index is 0.397. The molecule has 2 heterocycles. The smallest absolute Gasteiger partial charge is 0.137 e. The van der Waals surface area contributed by atoms with Gasteiger partial charge in [-0.1, -0.05) is 12.1 Å². The predicted octanol–water partition coefficient (Wildman–Crippen LogP) is 3.26. The maximum absolute atomic E-state index is 5.21. The fourth-order valence-electron chi connectivity index (χ4n) is 2.31. The van der Waals surface area contributed by atoms with Crippen molar-refractivity contribution in [1.29, 1.82) is 0 Å². The van der Waals surface area contributed by atoms with E-state index in [1.54, 1.807) is 11.3 Å². The fraction of sp³-hybridized carbons (Fsp3) is 0.571. The Balaban J connectivity index is 1.89. The van der Waals surface area contributed by atoms with Crippen LogP contribution in [0.15, 0.2) is 4.52 Å². The van der Waals surface area contributed by atoms with Gasteiger partial charge in [-0.15, -0.1) is 11.3 Å². The Bertz CT molecular complexity index is 520. The van der Waals surface area contributed by atoms with Crippen LogP contribution in [0.5, 0.6) is 0 Å². The number of hydrogen-bond donors (Lipinski definition) is 1. The third-order valence-electron chi connectivity index (χ3n) is 3.38. The Morgan fingerprint density at radius 2 is 1.95 bits per heavy atom. The molecule has 0 aliphatic rings. The topological polar surface area (TPSA) is 51.0 Å². The standard InChI is InChI=1S/C14H21N3OS/c1-8(14-10(3)17-18-11(14)4)6-15-7-13-16-9(2)12(5)19-13/h8,15H,6-7H2,1-5H3. The van der Waals surface area contributed by atoms with Gasteiger partial charge in [-0.25, -0.2) is 4.98 Å². The zero-order valence-electron chi connectivity index (χ0n) is 12.2. The third kappa shape index (κ3) is 3.22. The van der Waals surface area contributed by atoms with Gasteiger partial charge in [-0.2, -0.15) is 0 Å². The van der Waals surface area contributed by atoms with Gasteiger partial charge in [0.15, 0.2) is 0 Å². The summed E-state index contributed by atoms with van der Waals surface area (Å²) >= 11 is 1.77. The van der Waals surface area contributed by atoms with Crippen LogP contribution in [-0.4, -0.2) is 16.7 Å². The molecule has 2 aromatic heterocycles. The Morgan fingerprint density at radius 3 is 2.47 bits per heavy atom. The van der Waals surface area contributed by atoms with Crippen LogP contribution in [-0.2, 0) is 6.54 Å². The molecule has 1 atom stereocenters. The van der Waals surface area contributed by atoms with Crippen molar-refractivity contribution < 1.29 is 4.52 Å². The summed E-state index contributed by atoms with van der Waals surface area (Å²) in [5, 5.41) is 8.62. The molecule has 0 aromatic carbocycles. The van der Waals surface area contributed by atoms with Crippen molar-refractivity contribution in [3.63, 3.8) is 0 Å². The molecule has 0 radical (unpaired) electrons. The second-order valence-electron chi connectivity index (χ2n) is 5.02. The first kappa shape index (κ1) is 14.2. The lowest BCUT2D eigenvalue weighted by Gasteiger charge is -2.11. The van der Waals surface area contributed by atoms with E-state index in [4.69, 9.17) is 4.52 Å². The van der Waals surface area contributed by atoms with E-state index in [9.17, 15) is 0 Å². The van der Waals surface area contributed by atoms with Gasteiger partial charge < -0.3 is 9.84 Å². The molecule has 19 heavy (non-hydrogen) atoms. The zero-order chi connectivity index (χ0) is 14.0. The number of rotatable bonds is 5. The maximum atomic E-state index is 5.21. The average Bonchev–Trinajstić information content (AvgIpc) is 2.83. The summed E-state index contributed by atoms with van der Waals surface area (Å²) in [6, 6.07) is 0. The molecule has 0 aliphatic heterocycles. The van der Waals surface area contributed by atoms with Gasteiger partial charge in [0.1, 0.15) is 10.8 Å². The number of aromatic nitrogens is 2. The summed E-state index contributed by atoms with van der Waals surface area (Å²) in [4.78, 5) is 5.83. The van der Waals surface area contributed by atoms with Crippen LogP contribution >= 0.6 is 11.3 Å². The maximum Gasteiger partial charge on any atom is 0.137 e. The van der Waals surface area contributed by atoms with E-state index in [2.05, 4.69) is 36.2 Å². The number of aryl methyl sites for hydroxylation is 4. The van der Waals surface area contributed by atoms with E-state index in [1.807, 2.05) is 13.8 Å². The van der Waals surface area contributed by atoms with Crippen molar-refractivity contribution >= 4 is 11.3 Å². The summed E-state index contributed by atoms with van der Waals surface area (Å²) in [5.41, 5.74) is 3.35. The first-order valence-electron chi connectivity index (χ1n) is 6.55. The molecule has 4 nitrogen and oxygen atoms in total. The molecule has 104 valence electrons. The quantitative estimate of drug-likeness (QED) is 0.912. The Morgan fingerprint density at radius 1 is 1.21 bits per heavy atom. The summed E-state index contributed by atoms with van der Waals surface area (Å²) in [6.45, 7) is 12.1. The summed E-state index contributed by atoms with van der Waals surface area (Å²) in [5.74, 6) is 1.32. The number of nitrogens with one attached hydrogen (secondary N) is 1. The van der Waals surface area contributed by atoms with Crippen LogP contribution in [0.4, 0.5) is 0 Å². The van der Waals surface area contributed by atoms with Gasteiger partial charge in [0.25, 0.3) is 0 Å². The van der Waals surface area contributed by atoms with Crippen molar-refractivity contribution in [3.05, 3.63) is 32.6 Å². The number of thiazole rings is 1. The van der Waals surface area contributed by atoms with E-state index in [1.165, 1.54) is 10.4 Å². The van der Waals surface area contributed by atoms with Crippen LogP contribution in [0.2, 0.25) is 0 Å². The lowest BCUT2D eigenvalue weighted by molar-refractivity contribution is 0.391. The lowest BCUT2D eigenvalue weighted by Crippen LogP contribution is -2.20. The Labute approximate surface area is 118 Å². The van der Waals surface area contributed by atoms with Gasteiger partial charge in [0.2, 0.25) is 0 Å². The highest BCUT2D eigenvalue weighted by Gasteiger charge is 2.16. The highest BCUT2D eigenvalue weighted by atomic mass is 32.1.